The van der Waals surface area contributed by atoms with Gasteiger partial charge in [-0.05, 0) is 49.9 Å². The van der Waals surface area contributed by atoms with E-state index < -0.39 is 0 Å². The van der Waals surface area contributed by atoms with Gasteiger partial charge >= 0.3 is 0 Å². The maximum Gasteiger partial charge on any atom is 0.171 e. The second-order valence-electron chi connectivity index (χ2n) is 6.57. The third kappa shape index (κ3) is 4.54. The zero-order chi connectivity index (χ0) is 16.9. The van der Waals surface area contributed by atoms with Crippen LogP contribution in [0.1, 0.15) is 38.2 Å². The van der Waals surface area contributed by atoms with Gasteiger partial charge in [0.05, 0.1) is 18.4 Å². The predicted molar refractivity (Wildman–Crippen MR) is 98.5 cm³/mol. The highest BCUT2D eigenvalue weighted by molar-refractivity contribution is 7.80. The van der Waals surface area contributed by atoms with Crippen molar-refractivity contribution in [3.63, 3.8) is 0 Å². The Labute approximate surface area is 147 Å². The molecule has 1 aliphatic carbocycles. The molecule has 2 N–H and O–H groups in total. The van der Waals surface area contributed by atoms with Gasteiger partial charge in [-0.15, -0.1) is 0 Å². The van der Waals surface area contributed by atoms with Crippen molar-refractivity contribution in [2.24, 2.45) is 5.92 Å². The molecule has 1 saturated carbocycles. The summed E-state index contributed by atoms with van der Waals surface area (Å²) in [5.74, 6) is 0.604. The normalized spacial score (nSPS) is 20.6. The standard InChI is InChI=1S/C18H23FN4S/c1-13-6-8-15(9-7-13)21-18(24)22-16-10-20-23(12-16)11-14-4-2-3-5-17(14)19/h2-5,10,12-13,15H,6-9,11H2,1H3,(H2,21,22,24). The van der Waals surface area contributed by atoms with Crippen molar-refractivity contribution >= 4 is 23.0 Å². The highest BCUT2D eigenvalue weighted by Crippen LogP contribution is 2.23. The van der Waals surface area contributed by atoms with Crippen LogP contribution in [0.5, 0.6) is 0 Å². The number of aromatic nitrogens is 2. The molecule has 1 aliphatic rings. The summed E-state index contributed by atoms with van der Waals surface area (Å²) in [6, 6.07) is 7.19. The molecule has 0 amide bonds. The van der Waals surface area contributed by atoms with Crippen LogP contribution in [-0.2, 0) is 6.54 Å². The minimum absolute atomic E-state index is 0.216. The first-order chi connectivity index (χ1) is 11.6. The minimum Gasteiger partial charge on any atom is -0.360 e. The molecular weight excluding hydrogens is 323 g/mol. The third-order valence-corrected chi connectivity index (χ3v) is 4.75. The largest absolute Gasteiger partial charge is 0.360 e. The van der Waals surface area contributed by atoms with Crippen molar-refractivity contribution in [3.05, 3.63) is 48.0 Å². The van der Waals surface area contributed by atoms with E-state index in [-0.39, 0.29) is 5.82 Å². The Kier molecular flexibility index (Phi) is 5.45. The maximum atomic E-state index is 13.7. The second-order valence-corrected chi connectivity index (χ2v) is 6.98. The fourth-order valence-electron chi connectivity index (χ4n) is 3.07. The monoisotopic (exact) mass is 346 g/mol. The quantitative estimate of drug-likeness (QED) is 0.823. The van der Waals surface area contributed by atoms with E-state index in [2.05, 4.69) is 22.7 Å². The number of anilines is 1. The van der Waals surface area contributed by atoms with E-state index in [0.29, 0.717) is 23.3 Å². The molecule has 0 saturated heterocycles. The lowest BCUT2D eigenvalue weighted by Gasteiger charge is -2.27. The molecule has 3 rings (SSSR count). The van der Waals surface area contributed by atoms with Gasteiger partial charge in [0.2, 0.25) is 0 Å². The van der Waals surface area contributed by atoms with Crippen LogP contribution in [0.2, 0.25) is 0 Å². The van der Waals surface area contributed by atoms with Crippen LogP contribution in [0, 0.1) is 11.7 Å². The Hall–Kier alpha value is -1.95. The number of benzene rings is 1. The smallest absolute Gasteiger partial charge is 0.171 e. The van der Waals surface area contributed by atoms with Crippen molar-refractivity contribution < 1.29 is 4.39 Å². The first-order valence-electron chi connectivity index (χ1n) is 8.43. The zero-order valence-electron chi connectivity index (χ0n) is 13.8. The summed E-state index contributed by atoms with van der Waals surface area (Å²) in [5, 5.41) is 11.4. The number of halogens is 1. The molecule has 0 bridgehead atoms. The molecule has 0 atom stereocenters. The molecule has 1 aromatic carbocycles. The van der Waals surface area contributed by atoms with Gasteiger partial charge < -0.3 is 10.6 Å². The Bertz CT molecular complexity index is 692. The summed E-state index contributed by atoms with van der Waals surface area (Å²) in [7, 11) is 0. The van der Waals surface area contributed by atoms with E-state index in [9.17, 15) is 4.39 Å². The fraction of sp³-hybridized carbons (Fsp3) is 0.444. The molecular formula is C18H23FN4S. The molecule has 6 heteroatoms. The van der Waals surface area contributed by atoms with Gasteiger partial charge in [-0.3, -0.25) is 4.68 Å². The first kappa shape index (κ1) is 16.9. The molecule has 1 heterocycles. The van der Waals surface area contributed by atoms with Gasteiger partial charge in [0.25, 0.3) is 0 Å². The lowest BCUT2D eigenvalue weighted by Crippen LogP contribution is -2.39. The van der Waals surface area contributed by atoms with E-state index >= 15 is 0 Å². The van der Waals surface area contributed by atoms with E-state index in [1.165, 1.54) is 18.9 Å². The molecule has 2 aromatic rings. The summed E-state index contributed by atoms with van der Waals surface area (Å²) < 4.78 is 15.4. The van der Waals surface area contributed by atoms with Crippen LogP contribution >= 0.6 is 12.2 Å². The summed E-state index contributed by atoms with van der Waals surface area (Å²) in [4.78, 5) is 0. The molecule has 24 heavy (non-hydrogen) atoms. The maximum absolute atomic E-state index is 13.7. The Balaban J connectivity index is 1.52. The summed E-state index contributed by atoms with van der Waals surface area (Å²) in [6.45, 7) is 2.70. The van der Waals surface area contributed by atoms with E-state index in [1.807, 2.05) is 12.3 Å². The topological polar surface area (TPSA) is 41.9 Å². The molecule has 1 aromatic heterocycles. The summed E-state index contributed by atoms with van der Waals surface area (Å²) >= 11 is 5.39. The van der Waals surface area contributed by atoms with Gasteiger partial charge in [-0.25, -0.2) is 4.39 Å². The van der Waals surface area contributed by atoms with Gasteiger partial charge in [0.15, 0.2) is 5.11 Å². The van der Waals surface area contributed by atoms with Gasteiger partial charge in [0, 0.05) is 17.8 Å². The highest BCUT2D eigenvalue weighted by atomic mass is 32.1. The zero-order valence-corrected chi connectivity index (χ0v) is 14.7. The van der Waals surface area contributed by atoms with Crippen LogP contribution in [0.15, 0.2) is 36.7 Å². The van der Waals surface area contributed by atoms with Crippen molar-refractivity contribution in [1.29, 1.82) is 0 Å². The number of rotatable bonds is 4. The Morgan fingerprint density at radius 2 is 2.04 bits per heavy atom. The first-order valence-corrected chi connectivity index (χ1v) is 8.84. The highest BCUT2D eigenvalue weighted by Gasteiger charge is 2.18. The van der Waals surface area contributed by atoms with Crippen molar-refractivity contribution in [2.75, 3.05) is 5.32 Å². The van der Waals surface area contributed by atoms with Crippen LogP contribution in [-0.4, -0.2) is 20.9 Å². The average Bonchev–Trinajstić information content (AvgIpc) is 2.99. The number of nitrogens with zero attached hydrogens (tertiary/aromatic N) is 2. The van der Waals surface area contributed by atoms with Gasteiger partial charge in [-0.1, -0.05) is 25.1 Å². The third-order valence-electron chi connectivity index (χ3n) is 4.53. The van der Waals surface area contributed by atoms with Crippen molar-refractivity contribution in [1.82, 2.24) is 15.1 Å². The van der Waals surface area contributed by atoms with Crippen LogP contribution in [0.4, 0.5) is 10.1 Å². The Morgan fingerprint density at radius 3 is 2.79 bits per heavy atom. The van der Waals surface area contributed by atoms with Crippen molar-refractivity contribution in [2.45, 2.75) is 45.2 Å². The molecule has 0 radical (unpaired) electrons. The van der Waals surface area contributed by atoms with E-state index in [0.717, 1.165) is 24.4 Å². The fourth-order valence-corrected chi connectivity index (χ4v) is 3.36. The summed E-state index contributed by atoms with van der Waals surface area (Å²) in [6.07, 6.45) is 8.37. The molecule has 128 valence electrons. The number of nitrogens with one attached hydrogen (secondary N) is 2. The van der Waals surface area contributed by atoms with Crippen molar-refractivity contribution in [3.8, 4) is 0 Å². The minimum atomic E-state index is -0.216. The number of hydrogen-bond donors (Lipinski definition) is 2. The lowest BCUT2D eigenvalue weighted by atomic mass is 9.87. The average molecular weight is 346 g/mol. The SMILES string of the molecule is CC1CCC(NC(=S)Nc2cnn(Cc3ccccc3F)c2)CC1. The van der Waals surface area contributed by atoms with Crippen LogP contribution < -0.4 is 10.6 Å². The van der Waals surface area contributed by atoms with Crippen LogP contribution in [0.25, 0.3) is 0 Å². The molecule has 0 spiro atoms. The Morgan fingerprint density at radius 1 is 1.29 bits per heavy atom. The lowest BCUT2D eigenvalue weighted by molar-refractivity contribution is 0.332. The second kappa shape index (κ2) is 7.75. The molecule has 0 aliphatic heterocycles. The van der Waals surface area contributed by atoms with Gasteiger partial charge in [0.1, 0.15) is 5.82 Å². The summed E-state index contributed by atoms with van der Waals surface area (Å²) in [5.41, 5.74) is 1.43. The molecule has 0 unspecified atom stereocenters. The van der Waals surface area contributed by atoms with E-state index in [4.69, 9.17) is 12.2 Å². The van der Waals surface area contributed by atoms with Gasteiger partial charge in [-0.2, -0.15) is 5.10 Å². The number of hydrogen-bond acceptors (Lipinski definition) is 2. The predicted octanol–water partition coefficient (Wildman–Crippen LogP) is 3.94. The molecule has 1 fully saturated rings. The molecule has 4 nitrogen and oxygen atoms in total. The van der Waals surface area contributed by atoms with E-state index in [1.54, 1.807) is 23.0 Å². The van der Waals surface area contributed by atoms with Crippen LogP contribution in [0.3, 0.4) is 0 Å². The number of thiocarbonyl (C=S) groups is 1.